The number of piperidine rings is 1. The zero-order valence-corrected chi connectivity index (χ0v) is 14.8. The number of hydrogen-bond acceptors (Lipinski definition) is 3. The molecular formula is C21H23NO4. The molecular weight excluding hydrogens is 330 g/mol. The number of aliphatic hydroxyl groups is 1. The summed E-state index contributed by atoms with van der Waals surface area (Å²) in [7, 11) is 0. The van der Waals surface area contributed by atoms with Crippen LogP contribution in [-0.2, 0) is 0 Å². The van der Waals surface area contributed by atoms with E-state index in [1.54, 1.807) is 53.4 Å². The van der Waals surface area contributed by atoms with E-state index in [1.807, 2.05) is 6.92 Å². The highest BCUT2D eigenvalue weighted by Gasteiger charge is 2.33. The zero-order valence-electron chi connectivity index (χ0n) is 14.8. The van der Waals surface area contributed by atoms with Gasteiger partial charge in [0.05, 0.1) is 11.2 Å². The summed E-state index contributed by atoms with van der Waals surface area (Å²) < 4.78 is 0. The van der Waals surface area contributed by atoms with E-state index in [9.17, 15) is 19.8 Å². The first-order valence-electron chi connectivity index (χ1n) is 8.88. The van der Waals surface area contributed by atoms with E-state index >= 15 is 0 Å². The summed E-state index contributed by atoms with van der Waals surface area (Å²) >= 11 is 0. The SMILES string of the molecule is CCC1(O)CCN(C(=O)c2ccccc2-c2ccccc2C(=O)O)CC1. The van der Waals surface area contributed by atoms with Crippen molar-refractivity contribution in [2.45, 2.75) is 31.8 Å². The Hall–Kier alpha value is -2.66. The number of benzene rings is 2. The molecule has 1 heterocycles. The Bertz CT molecular complexity index is 822. The van der Waals surface area contributed by atoms with Gasteiger partial charge >= 0.3 is 5.97 Å². The minimum atomic E-state index is -1.02. The average Bonchev–Trinajstić information content (AvgIpc) is 2.68. The summed E-state index contributed by atoms with van der Waals surface area (Å²) in [4.78, 5) is 26.4. The molecule has 1 aliphatic rings. The molecule has 1 amide bonds. The first-order valence-corrected chi connectivity index (χ1v) is 8.88. The van der Waals surface area contributed by atoms with Crippen LogP contribution in [0.15, 0.2) is 48.5 Å². The van der Waals surface area contributed by atoms with Crippen molar-refractivity contribution in [3.05, 3.63) is 59.7 Å². The average molecular weight is 353 g/mol. The molecule has 1 aliphatic heterocycles. The van der Waals surface area contributed by atoms with Crippen LogP contribution < -0.4 is 0 Å². The molecule has 1 saturated heterocycles. The van der Waals surface area contributed by atoms with E-state index in [2.05, 4.69) is 0 Å². The summed E-state index contributed by atoms with van der Waals surface area (Å²) in [5.74, 6) is -1.15. The Balaban J connectivity index is 1.94. The van der Waals surface area contributed by atoms with Gasteiger partial charge in [0.25, 0.3) is 5.91 Å². The second kappa shape index (κ2) is 7.30. The third kappa shape index (κ3) is 3.48. The van der Waals surface area contributed by atoms with Crippen molar-refractivity contribution >= 4 is 11.9 Å². The highest BCUT2D eigenvalue weighted by Crippen LogP contribution is 2.30. The number of nitrogens with zero attached hydrogens (tertiary/aromatic N) is 1. The fourth-order valence-electron chi connectivity index (χ4n) is 3.46. The maximum absolute atomic E-state index is 13.1. The Morgan fingerprint density at radius 3 is 2.00 bits per heavy atom. The van der Waals surface area contributed by atoms with Crippen molar-refractivity contribution in [3.63, 3.8) is 0 Å². The number of rotatable bonds is 4. The van der Waals surface area contributed by atoms with Crippen molar-refractivity contribution < 1.29 is 19.8 Å². The summed E-state index contributed by atoms with van der Waals surface area (Å²) in [6, 6.07) is 13.8. The van der Waals surface area contributed by atoms with E-state index in [0.717, 1.165) is 0 Å². The number of likely N-dealkylation sites (tertiary alicyclic amines) is 1. The molecule has 2 aromatic carbocycles. The lowest BCUT2D eigenvalue weighted by Gasteiger charge is -2.37. The Morgan fingerprint density at radius 2 is 1.46 bits per heavy atom. The molecule has 2 aromatic rings. The van der Waals surface area contributed by atoms with E-state index < -0.39 is 11.6 Å². The van der Waals surface area contributed by atoms with E-state index in [0.29, 0.717) is 49.0 Å². The number of carbonyl (C=O) groups is 2. The summed E-state index contributed by atoms with van der Waals surface area (Å²) in [5, 5.41) is 19.8. The van der Waals surface area contributed by atoms with Crippen LogP contribution in [0.2, 0.25) is 0 Å². The van der Waals surface area contributed by atoms with Gasteiger partial charge in [0.2, 0.25) is 0 Å². The molecule has 0 aromatic heterocycles. The van der Waals surface area contributed by atoms with Crippen LogP contribution in [0.1, 0.15) is 46.9 Å². The van der Waals surface area contributed by atoms with Gasteiger partial charge in [-0.05, 0) is 42.5 Å². The van der Waals surface area contributed by atoms with Gasteiger partial charge in [-0.15, -0.1) is 0 Å². The smallest absolute Gasteiger partial charge is 0.336 e. The summed E-state index contributed by atoms with van der Waals surface area (Å²) in [6.45, 7) is 2.95. The second-order valence-electron chi connectivity index (χ2n) is 6.77. The van der Waals surface area contributed by atoms with Gasteiger partial charge in [-0.1, -0.05) is 43.3 Å². The van der Waals surface area contributed by atoms with Gasteiger partial charge in [0.1, 0.15) is 0 Å². The minimum Gasteiger partial charge on any atom is -0.478 e. The molecule has 0 aliphatic carbocycles. The molecule has 0 radical (unpaired) electrons. The summed E-state index contributed by atoms with van der Waals surface area (Å²) in [5.41, 5.74) is 1.12. The number of carboxylic acid groups (broad SMARTS) is 1. The highest BCUT2D eigenvalue weighted by atomic mass is 16.4. The van der Waals surface area contributed by atoms with Crippen LogP contribution in [-0.4, -0.2) is 45.7 Å². The van der Waals surface area contributed by atoms with Crippen molar-refractivity contribution in [2.24, 2.45) is 0 Å². The third-order valence-corrected chi connectivity index (χ3v) is 5.24. The largest absolute Gasteiger partial charge is 0.478 e. The monoisotopic (exact) mass is 353 g/mol. The molecule has 26 heavy (non-hydrogen) atoms. The molecule has 136 valence electrons. The topological polar surface area (TPSA) is 77.8 Å². The number of aromatic carboxylic acids is 1. The maximum Gasteiger partial charge on any atom is 0.336 e. The van der Waals surface area contributed by atoms with Crippen LogP contribution >= 0.6 is 0 Å². The predicted molar refractivity (Wildman–Crippen MR) is 99.2 cm³/mol. The van der Waals surface area contributed by atoms with Crippen molar-refractivity contribution in [1.82, 2.24) is 4.90 Å². The van der Waals surface area contributed by atoms with Crippen molar-refractivity contribution in [2.75, 3.05) is 13.1 Å². The molecule has 0 spiro atoms. The zero-order chi connectivity index (χ0) is 18.7. The fraction of sp³-hybridized carbons (Fsp3) is 0.333. The molecule has 2 N–H and O–H groups in total. The molecule has 0 atom stereocenters. The van der Waals surface area contributed by atoms with E-state index in [-0.39, 0.29) is 11.5 Å². The van der Waals surface area contributed by atoms with Crippen molar-refractivity contribution in [1.29, 1.82) is 0 Å². The van der Waals surface area contributed by atoms with Crippen LogP contribution in [0.5, 0.6) is 0 Å². The molecule has 5 nitrogen and oxygen atoms in total. The van der Waals surface area contributed by atoms with Gasteiger partial charge in [-0.2, -0.15) is 0 Å². The summed E-state index contributed by atoms with van der Waals surface area (Å²) in [6.07, 6.45) is 1.80. The maximum atomic E-state index is 13.1. The van der Waals surface area contributed by atoms with Gasteiger partial charge < -0.3 is 15.1 Å². The van der Waals surface area contributed by atoms with Crippen molar-refractivity contribution in [3.8, 4) is 11.1 Å². The lowest BCUT2D eigenvalue weighted by molar-refractivity contribution is -0.0193. The van der Waals surface area contributed by atoms with E-state index in [1.165, 1.54) is 0 Å². The first-order chi connectivity index (χ1) is 12.4. The number of carboxylic acids is 1. The number of hydrogen-bond donors (Lipinski definition) is 2. The quantitative estimate of drug-likeness (QED) is 0.883. The first kappa shape index (κ1) is 18.1. The van der Waals surface area contributed by atoms with Crippen LogP contribution in [0.3, 0.4) is 0 Å². The lowest BCUT2D eigenvalue weighted by Crippen LogP contribution is -2.46. The Morgan fingerprint density at radius 1 is 0.962 bits per heavy atom. The predicted octanol–water partition coefficient (Wildman–Crippen LogP) is 3.43. The normalized spacial score (nSPS) is 16.3. The fourth-order valence-corrected chi connectivity index (χ4v) is 3.46. The Kier molecular flexibility index (Phi) is 5.09. The molecule has 3 rings (SSSR count). The van der Waals surface area contributed by atoms with Crippen LogP contribution in [0.4, 0.5) is 0 Å². The molecule has 0 unspecified atom stereocenters. The van der Waals surface area contributed by atoms with Crippen LogP contribution in [0, 0.1) is 0 Å². The Labute approximate surface area is 152 Å². The number of carbonyl (C=O) groups excluding carboxylic acids is 1. The van der Waals surface area contributed by atoms with Gasteiger partial charge in [-0.3, -0.25) is 4.79 Å². The molecule has 5 heteroatoms. The third-order valence-electron chi connectivity index (χ3n) is 5.24. The van der Waals surface area contributed by atoms with Gasteiger partial charge in [-0.25, -0.2) is 4.79 Å². The standard InChI is InChI=1S/C21H23NO4/c1-2-21(26)11-13-22(14-12-21)19(23)17-9-5-3-7-15(17)16-8-4-6-10-18(16)20(24)25/h3-10,26H,2,11-14H2,1H3,(H,24,25). The van der Waals surface area contributed by atoms with Gasteiger partial charge in [0.15, 0.2) is 0 Å². The number of amides is 1. The van der Waals surface area contributed by atoms with E-state index in [4.69, 9.17) is 0 Å². The molecule has 0 bridgehead atoms. The van der Waals surface area contributed by atoms with Gasteiger partial charge in [0, 0.05) is 18.7 Å². The van der Waals surface area contributed by atoms with Crippen LogP contribution in [0.25, 0.3) is 11.1 Å². The lowest BCUT2D eigenvalue weighted by atomic mass is 9.88. The second-order valence-corrected chi connectivity index (χ2v) is 6.77. The minimum absolute atomic E-state index is 0.126. The molecule has 1 fully saturated rings. The molecule has 0 saturated carbocycles. The highest BCUT2D eigenvalue weighted by molar-refractivity contribution is 6.04.